The van der Waals surface area contributed by atoms with Crippen LogP contribution in [-0.4, -0.2) is 21.9 Å². The molecule has 0 saturated heterocycles. The highest BCUT2D eigenvalue weighted by Crippen LogP contribution is 2.41. The summed E-state index contributed by atoms with van der Waals surface area (Å²) in [6.07, 6.45) is 4.03. The van der Waals surface area contributed by atoms with Gasteiger partial charge in [0.1, 0.15) is 5.69 Å². The molecule has 1 aliphatic carbocycles. The van der Waals surface area contributed by atoms with Crippen molar-refractivity contribution in [2.45, 2.75) is 25.3 Å². The number of halogens is 1. The van der Waals surface area contributed by atoms with Gasteiger partial charge in [0, 0.05) is 23.2 Å². The van der Waals surface area contributed by atoms with E-state index in [1.165, 1.54) is 6.20 Å². The zero-order valence-corrected chi connectivity index (χ0v) is 11.8. The lowest BCUT2D eigenvalue weighted by atomic mass is 10.1. The SMILES string of the molecule is Cc1cnc(C(=O)N[C@@H]2C[C@H]2c2cccc(Cl)c2)cn1. The Kier molecular flexibility index (Phi) is 3.40. The molecule has 4 nitrogen and oxygen atoms in total. The van der Waals surface area contributed by atoms with Crippen molar-refractivity contribution in [2.24, 2.45) is 0 Å². The Labute approximate surface area is 122 Å². The van der Waals surface area contributed by atoms with Crippen LogP contribution in [0.25, 0.3) is 0 Å². The number of hydrogen-bond donors (Lipinski definition) is 1. The summed E-state index contributed by atoms with van der Waals surface area (Å²) in [6, 6.07) is 7.92. The highest BCUT2D eigenvalue weighted by Gasteiger charge is 2.39. The maximum absolute atomic E-state index is 12.0. The molecule has 1 saturated carbocycles. The fourth-order valence-electron chi connectivity index (χ4n) is 2.21. The number of benzene rings is 1. The molecule has 0 radical (unpaired) electrons. The average Bonchev–Trinajstić information content (AvgIpc) is 3.18. The summed E-state index contributed by atoms with van der Waals surface area (Å²) in [5, 5.41) is 3.70. The van der Waals surface area contributed by atoms with Crippen LogP contribution in [0.4, 0.5) is 0 Å². The number of hydrogen-bond acceptors (Lipinski definition) is 3. The summed E-state index contributed by atoms with van der Waals surface area (Å²) in [5.41, 5.74) is 2.31. The quantitative estimate of drug-likeness (QED) is 0.944. The van der Waals surface area contributed by atoms with Gasteiger partial charge in [0.05, 0.1) is 11.9 Å². The summed E-state index contributed by atoms with van der Waals surface area (Å²) in [4.78, 5) is 20.2. The number of amides is 1. The van der Waals surface area contributed by atoms with Crippen molar-refractivity contribution in [3.05, 3.63) is 58.6 Å². The Morgan fingerprint density at radius 3 is 2.90 bits per heavy atom. The second kappa shape index (κ2) is 5.21. The zero-order valence-electron chi connectivity index (χ0n) is 11.0. The molecule has 0 bridgehead atoms. The lowest BCUT2D eigenvalue weighted by Gasteiger charge is -2.04. The molecular formula is C15H14ClN3O. The number of nitrogens with zero attached hydrogens (tertiary/aromatic N) is 2. The van der Waals surface area contributed by atoms with Gasteiger partial charge in [-0.05, 0) is 31.0 Å². The lowest BCUT2D eigenvalue weighted by Crippen LogP contribution is -2.27. The molecule has 1 aliphatic rings. The average molecular weight is 288 g/mol. The predicted molar refractivity (Wildman–Crippen MR) is 76.8 cm³/mol. The van der Waals surface area contributed by atoms with Gasteiger partial charge in [-0.1, -0.05) is 23.7 Å². The van der Waals surface area contributed by atoms with Gasteiger partial charge in [-0.3, -0.25) is 9.78 Å². The van der Waals surface area contributed by atoms with Crippen LogP contribution in [0.5, 0.6) is 0 Å². The van der Waals surface area contributed by atoms with Crippen molar-refractivity contribution in [1.82, 2.24) is 15.3 Å². The Bertz CT molecular complexity index is 642. The number of rotatable bonds is 3. The second-order valence-electron chi connectivity index (χ2n) is 5.02. The van der Waals surface area contributed by atoms with E-state index in [-0.39, 0.29) is 11.9 Å². The number of carbonyl (C=O) groups is 1. The Balaban J connectivity index is 1.63. The van der Waals surface area contributed by atoms with E-state index in [4.69, 9.17) is 11.6 Å². The van der Waals surface area contributed by atoms with E-state index in [9.17, 15) is 4.79 Å². The van der Waals surface area contributed by atoms with E-state index in [1.807, 2.05) is 31.2 Å². The monoisotopic (exact) mass is 287 g/mol. The number of aryl methyl sites for hydroxylation is 1. The molecule has 1 aromatic carbocycles. The van der Waals surface area contributed by atoms with Crippen molar-refractivity contribution in [3.8, 4) is 0 Å². The van der Waals surface area contributed by atoms with Crippen LogP contribution in [0.2, 0.25) is 5.02 Å². The fourth-order valence-corrected chi connectivity index (χ4v) is 2.41. The van der Waals surface area contributed by atoms with Crippen LogP contribution in [0.3, 0.4) is 0 Å². The van der Waals surface area contributed by atoms with E-state index < -0.39 is 0 Å². The molecular weight excluding hydrogens is 274 g/mol. The first-order valence-electron chi connectivity index (χ1n) is 6.48. The number of carbonyl (C=O) groups excluding carboxylic acids is 1. The molecule has 0 spiro atoms. The molecule has 0 unspecified atom stereocenters. The van der Waals surface area contributed by atoms with Crippen LogP contribution >= 0.6 is 11.6 Å². The first-order valence-corrected chi connectivity index (χ1v) is 6.86. The van der Waals surface area contributed by atoms with Gasteiger partial charge in [0.2, 0.25) is 0 Å². The molecule has 1 amide bonds. The highest BCUT2D eigenvalue weighted by molar-refractivity contribution is 6.30. The van der Waals surface area contributed by atoms with Crippen molar-refractivity contribution in [2.75, 3.05) is 0 Å². The minimum Gasteiger partial charge on any atom is -0.347 e. The third kappa shape index (κ3) is 2.80. The van der Waals surface area contributed by atoms with Crippen LogP contribution in [-0.2, 0) is 0 Å². The van der Waals surface area contributed by atoms with Crippen molar-refractivity contribution < 1.29 is 4.79 Å². The Morgan fingerprint density at radius 1 is 1.35 bits per heavy atom. The molecule has 5 heteroatoms. The van der Waals surface area contributed by atoms with E-state index in [0.29, 0.717) is 11.6 Å². The van der Waals surface area contributed by atoms with Gasteiger partial charge >= 0.3 is 0 Å². The summed E-state index contributed by atoms with van der Waals surface area (Å²) < 4.78 is 0. The first kappa shape index (κ1) is 13.1. The van der Waals surface area contributed by atoms with E-state index in [2.05, 4.69) is 15.3 Å². The fraction of sp³-hybridized carbons (Fsp3) is 0.267. The van der Waals surface area contributed by atoms with E-state index >= 15 is 0 Å². The molecule has 1 heterocycles. The number of nitrogens with one attached hydrogen (secondary N) is 1. The number of aromatic nitrogens is 2. The van der Waals surface area contributed by atoms with E-state index in [1.54, 1.807) is 6.20 Å². The Hall–Kier alpha value is -1.94. The normalized spacial score (nSPS) is 20.5. The van der Waals surface area contributed by atoms with Gasteiger partial charge in [0.25, 0.3) is 5.91 Å². The molecule has 1 N–H and O–H groups in total. The molecule has 102 valence electrons. The van der Waals surface area contributed by atoms with Gasteiger partial charge in [-0.25, -0.2) is 4.98 Å². The van der Waals surface area contributed by atoms with Gasteiger partial charge in [-0.2, -0.15) is 0 Å². The van der Waals surface area contributed by atoms with Crippen LogP contribution < -0.4 is 5.32 Å². The molecule has 2 atom stereocenters. The summed E-state index contributed by atoms with van der Waals surface area (Å²) >= 11 is 5.98. The van der Waals surface area contributed by atoms with Gasteiger partial charge < -0.3 is 5.32 Å². The molecule has 1 fully saturated rings. The molecule has 1 aromatic heterocycles. The second-order valence-corrected chi connectivity index (χ2v) is 5.46. The smallest absolute Gasteiger partial charge is 0.271 e. The van der Waals surface area contributed by atoms with E-state index in [0.717, 1.165) is 22.7 Å². The van der Waals surface area contributed by atoms with Gasteiger partial charge in [0.15, 0.2) is 0 Å². The largest absolute Gasteiger partial charge is 0.347 e. The Morgan fingerprint density at radius 2 is 2.20 bits per heavy atom. The summed E-state index contributed by atoms with van der Waals surface area (Å²) in [6.45, 7) is 1.84. The molecule has 0 aliphatic heterocycles. The topological polar surface area (TPSA) is 54.9 Å². The standard InChI is InChI=1S/C15H14ClN3O/c1-9-7-18-14(8-17-9)15(20)19-13-6-12(13)10-3-2-4-11(16)5-10/h2-5,7-8,12-13H,6H2,1H3,(H,19,20)/t12-,13+/m0/s1. The van der Waals surface area contributed by atoms with Crippen LogP contribution in [0.1, 0.15) is 34.1 Å². The zero-order chi connectivity index (χ0) is 14.1. The van der Waals surface area contributed by atoms with Gasteiger partial charge in [-0.15, -0.1) is 0 Å². The highest BCUT2D eigenvalue weighted by atomic mass is 35.5. The minimum atomic E-state index is -0.174. The summed E-state index contributed by atoms with van der Waals surface area (Å²) in [5.74, 6) is 0.170. The van der Waals surface area contributed by atoms with Crippen LogP contribution in [0.15, 0.2) is 36.7 Å². The third-order valence-corrected chi connectivity index (χ3v) is 3.63. The van der Waals surface area contributed by atoms with Crippen molar-refractivity contribution >= 4 is 17.5 Å². The van der Waals surface area contributed by atoms with Crippen LogP contribution in [0, 0.1) is 6.92 Å². The summed E-state index contributed by atoms with van der Waals surface area (Å²) in [7, 11) is 0. The minimum absolute atomic E-state index is 0.157. The maximum atomic E-state index is 12.0. The third-order valence-electron chi connectivity index (χ3n) is 3.40. The predicted octanol–water partition coefficient (Wildman–Crippen LogP) is 2.72. The molecule has 20 heavy (non-hydrogen) atoms. The lowest BCUT2D eigenvalue weighted by molar-refractivity contribution is 0.0945. The first-order chi connectivity index (χ1) is 9.63. The van der Waals surface area contributed by atoms with Crippen molar-refractivity contribution in [3.63, 3.8) is 0 Å². The van der Waals surface area contributed by atoms with Crippen molar-refractivity contribution in [1.29, 1.82) is 0 Å². The maximum Gasteiger partial charge on any atom is 0.271 e. The molecule has 2 aromatic rings. The molecule has 3 rings (SSSR count).